The molecule has 0 N–H and O–H groups in total. The van der Waals surface area contributed by atoms with Gasteiger partial charge in [0.25, 0.3) is 0 Å². The van der Waals surface area contributed by atoms with Crippen LogP contribution in [-0.4, -0.2) is 0 Å². The molecule has 0 rings (SSSR count). The van der Waals surface area contributed by atoms with E-state index in [0.717, 1.165) is 6.42 Å². The van der Waals surface area contributed by atoms with E-state index in [-0.39, 0.29) is 0 Å². The molecule has 85 valence electrons. The van der Waals surface area contributed by atoms with Gasteiger partial charge >= 0.3 is 0 Å². The van der Waals surface area contributed by atoms with Crippen LogP contribution in [-0.2, 0) is 0 Å². The van der Waals surface area contributed by atoms with Crippen molar-refractivity contribution in [3.63, 3.8) is 0 Å². The fourth-order valence-electron chi connectivity index (χ4n) is 1.24. The van der Waals surface area contributed by atoms with E-state index < -0.39 is 0 Å². The molecular formula is C15H25. The van der Waals surface area contributed by atoms with Crippen LogP contribution in [0.25, 0.3) is 0 Å². The van der Waals surface area contributed by atoms with Crippen molar-refractivity contribution in [3.8, 4) is 0 Å². The lowest BCUT2D eigenvalue weighted by Crippen LogP contribution is -1.69. The van der Waals surface area contributed by atoms with E-state index in [0.29, 0.717) is 0 Å². The third-order valence-electron chi connectivity index (χ3n) is 2.20. The number of hydrogen-bond acceptors (Lipinski definition) is 0. The summed E-state index contributed by atoms with van der Waals surface area (Å²) in [5.74, 6) is 0. The van der Waals surface area contributed by atoms with Gasteiger partial charge in [-0.1, -0.05) is 76.0 Å². The van der Waals surface area contributed by atoms with Gasteiger partial charge < -0.3 is 0 Å². The minimum atomic E-state index is 1.06. The fraction of sp³-hybridized carbons (Fsp3) is 0.533. The molecule has 0 aromatic heterocycles. The van der Waals surface area contributed by atoms with Gasteiger partial charge in [-0.05, 0) is 19.3 Å². The average molecular weight is 205 g/mol. The van der Waals surface area contributed by atoms with Crippen LogP contribution in [0.1, 0.15) is 51.9 Å². The summed E-state index contributed by atoms with van der Waals surface area (Å²) in [7, 11) is 0. The molecule has 0 aromatic rings. The van der Waals surface area contributed by atoms with Crippen LogP contribution in [0.15, 0.2) is 36.5 Å². The van der Waals surface area contributed by atoms with Crippen molar-refractivity contribution >= 4 is 0 Å². The van der Waals surface area contributed by atoms with Crippen molar-refractivity contribution in [3.05, 3.63) is 43.4 Å². The van der Waals surface area contributed by atoms with E-state index in [1.54, 1.807) is 0 Å². The zero-order valence-electron chi connectivity index (χ0n) is 10.1. The van der Waals surface area contributed by atoms with E-state index >= 15 is 0 Å². The minimum Gasteiger partial charge on any atom is -0.0845 e. The first-order valence-electron chi connectivity index (χ1n) is 6.19. The number of unbranched alkanes of at least 4 members (excludes halogenated alkanes) is 5. The quantitative estimate of drug-likeness (QED) is 0.357. The summed E-state index contributed by atoms with van der Waals surface area (Å²) >= 11 is 0. The second-order valence-corrected chi connectivity index (χ2v) is 3.73. The zero-order valence-corrected chi connectivity index (χ0v) is 10.1. The lowest BCUT2D eigenvalue weighted by atomic mass is 10.2. The summed E-state index contributed by atoms with van der Waals surface area (Å²) < 4.78 is 0. The standard InChI is InChI=1S/C15H25/c1-3-5-7-9-11-13-15-14-12-10-8-6-4-2/h10-15H,1,3-9H2,2H3/b12-10+,13-11+,15-14+. The Balaban J connectivity index is 3.32. The van der Waals surface area contributed by atoms with Crippen LogP contribution in [0, 0.1) is 6.92 Å². The van der Waals surface area contributed by atoms with Crippen molar-refractivity contribution in [2.45, 2.75) is 51.9 Å². The molecule has 0 aliphatic carbocycles. The van der Waals surface area contributed by atoms with E-state index in [4.69, 9.17) is 0 Å². The maximum atomic E-state index is 3.82. The van der Waals surface area contributed by atoms with Crippen LogP contribution >= 0.6 is 0 Å². The van der Waals surface area contributed by atoms with Crippen LogP contribution < -0.4 is 0 Å². The smallest absolute Gasteiger partial charge is 0.0348 e. The summed E-state index contributed by atoms with van der Waals surface area (Å²) in [6, 6.07) is 0. The van der Waals surface area contributed by atoms with Gasteiger partial charge in [0.2, 0.25) is 0 Å². The third-order valence-corrected chi connectivity index (χ3v) is 2.20. The molecule has 0 heterocycles. The van der Waals surface area contributed by atoms with E-state index in [1.165, 1.54) is 38.5 Å². The van der Waals surface area contributed by atoms with Gasteiger partial charge in [0.15, 0.2) is 0 Å². The molecule has 0 aliphatic heterocycles. The Labute approximate surface area is 95.8 Å². The molecule has 0 aromatic carbocycles. The van der Waals surface area contributed by atoms with E-state index in [9.17, 15) is 0 Å². The third kappa shape index (κ3) is 13.2. The molecular weight excluding hydrogens is 180 g/mol. The molecule has 1 radical (unpaired) electrons. The molecule has 15 heavy (non-hydrogen) atoms. The van der Waals surface area contributed by atoms with Crippen molar-refractivity contribution in [1.29, 1.82) is 0 Å². The highest BCUT2D eigenvalue weighted by atomic mass is 13.9. The fourth-order valence-corrected chi connectivity index (χ4v) is 1.24. The molecule has 0 bridgehead atoms. The van der Waals surface area contributed by atoms with Gasteiger partial charge in [-0.25, -0.2) is 0 Å². The number of rotatable bonds is 9. The van der Waals surface area contributed by atoms with Crippen LogP contribution in [0.3, 0.4) is 0 Å². The first-order valence-corrected chi connectivity index (χ1v) is 6.19. The Morgan fingerprint density at radius 2 is 1.40 bits per heavy atom. The molecule has 0 atom stereocenters. The maximum Gasteiger partial charge on any atom is -0.0348 e. The molecule has 0 unspecified atom stereocenters. The van der Waals surface area contributed by atoms with Crippen molar-refractivity contribution < 1.29 is 0 Å². The molecule has 0 spiro atoms. The van der Waals surface area contributed by atoms with Gasteiger partial charge in [-0.2, -0.15) is 0 Å². The molecule has 0 fully saturated rings. The predicted molar refractivity (Wildman–Crippen MR) is 70.8 cm³/mol. The molecule has 0 saturated heterocycles. The summed E-state index contributed by atoms with van der Waals surface area (Å²) in [5.41, 5.74) is 0. The summed E-state index contributed by atoms with van der Waals surface area (Å²) in [6.45, 7) is 6.04. The average Bonchev–Trinajstić information content (AvgIpc) is 2.26. The lowest BCUT2D eigenvalue weighted by Gasteiger charge is -1.89. The first-order chi connectivity index (χ1) is 7.41. The number of allylic oxidation sites excluding steroid dienone is 6. The van der Waals surface area contributed by atoms with E-state index in [1.807, 2.05) is 0 Å². The van der Waals surface area contributed by atoms with Gasteiger partial charge in [-0.15, -0.1) is 0 Å². The Morgan fingerprint density at radius 3 is 1.93 bits per heavy atom. The second kappa shape index (κ2) is 13.2. The van der Waals surface area contributed by atoms with Crippen molar-refractivity contribution in [1.82, 2.24) is 0 Å². The van der Waals surface area contributed by atoms with Gasteiger partial charge in [-0.3, -0.25) is 0 Å². The molecule has 0 amide bonds. The van der Waals surface area contributed by atoms with Crippen LogP contribution in [0.5, 0.6) is 0 Å². The highest BCUT2D eigenvalue weighted by molar-refractivity contribution is 5.10. The predicted octanol–water partition coefficient (Wildman–Crippen LogP) is 5.24. The Morgan fingerprint density at radius 1 is 0.800 bits per heavy atom. The summed E-state index contributed by atoms with van der Waals surface area (Å²) in [6.07, 6.45) is 21.5. The lowest BCUT2D eigenvalue weighted by molar-refractivity contribution is 0.760. The van der Waals surface area contributed by atoms with E-state index in [2.05, 4.69) is 50.3 Å². The van der Waals surface area contributed by atoms with Crippen LogP contribution in [0.4, 0.5) is 0 Å². The zero-order chi connectivity index (χ0) is 11.2. The first kappa shape index (κ1) is 14.2. The molecule has 0 saturated carbocycles. The Kier molecular flexibility index (Phi) is 12.5. The van der Waals surface area contributed by atoms with Crippen molar-refractivity contribution in [2.75, 3.05) is 0 Å². The highest BCUT2D eigenvalue weighted by Crippen LogP contribution is 1.99. The largest absolute Gasteiger partial charge is 0.0845 e. The monoisotopic (exact) mass is 205 g/mol. The SMILES string of the molecule is [CH2]CCCC/C=C/C=C/C=C/CCCC. The summed E-state index contributed by atoms with van der Waals surface area (Å²) in [5, 5.41) is 0. The van der Waals surface area contributed by atoms with Gasteiger partial charge in [0.05, 0.1) is 0 Å². The van der Waals surface area contributed by atoms with Gasteiger partial charge in [0.1, 0.15) is 0 Å². The number of hydrogen-bond donors (Lipinski definition) is 0. The van der Waals surface area contributed by atoms with Gasteiger partial charge in [0, 0.05) is 0 Å². The molecule has 0 heteroatoms. The molecule has 0 nitrogen and oxygen atoms in total. The van der Waals surface area contributed by atoms with Crippen LogP contribution in [0.2, 0.25) is 0 Å². The summed E-state index contributed by atoms with van der Waals surface area (Å²) in [4.78, 5) is 0. The Bertz CT molecular complexity index is 184. The normalized spacial score (nSPS) is 12.4. The minimum absolute atomic E-state index is 1.06. The highest BCUT2D eigenvalue weighted by Gasteiger charge is 1.79. The van der Waals surface area contributed by atoms with Crippen molar-refractivity contribution in [2.24, 2.45) is 0 Å². The second-order valence-electron chi connectivity index (χ2n) is 3.73. The topological polar surface area (TPSA) is 0 Å². The molecule has 0 aliphatic rings. The Hall–Kier alpha value is -0.780. The maximum absolute atomic E-state index is 3.82.